The van der Waals surface area contributed by atoms with E-state index < -0.39 is 0 Å². The molecule has 2 aromatic heterocycles. The highest BCUT2D eigenvalue weighted by molar-refractivity contribution is 7.12. The van der Waals surface area contributed by atoms with Crippen molar-refractivity contribution in [3.8, 4) is 0 Å². The molecule has 0 radical (unpaired) electrons. The van der Waals surface area contributed by atoms with E-state index in [0.717, 1.165) is 17.7 Å². The van der Waals surface area contributed by atoms with E-state index in [0.29, 0.717) is 18.9 Å². The highest BCUT2D eigenvalue weighted by Gasteiger charge is 2.29. The molecule has 1 N–H and O–H groups in total. The maximum atomic E-state index is 12.4. The Balaban J connectivity index is 1.62. The van der Waals surface area contributed by atoms with Crippen LogP contribution in [-0.2, 0) is 11.8 Å². The predicted molar refractivity (Wildman–Crippen MR) is 84.8 cm³/mol. The van der Waals surface area contributed by atoms with E-state index in [2.05, 4.69) is 10.4 Å². The predicted octanol–water partition coefficient (Wildman–Crippen LogP) is 1.97. The van der Waals surface area contributed by atoms with Gasteiger partial charge in [0.25, 0.3) is 5.91 Å². The van der Waals surface area contributed by atoms with Crippen molar-refractivity contribution in [2.45, 2.75) is 12.8 Å². The summed E-state index contributed by atoms with van der Waals surface area (Å²) >= 11 is 1.44. The van der Waals surface area contributed by atoms with Gasteiger partial charge in [-0.15, -0.1) is 11.3 Å². The summed E-state index contributed by atoms with van der Waals surface area (Å²) in [6, 6.07) is 5.45. The number of aromatic nitrogens is 2. The molecule has 2 aromatic rings. The van der Waals surface area contributed by atoms with Crippen molar-refractivity contribution in [1.29, 1.82) is 0 Å². The molecule has 22 heavy (non-hydrogen) atoms. The third-order valence-electron chi connectivity index (χ3n) is 3.78. The molecule has 0 aliphatic carbocycles. The summed E-state index contributed by atoms with van der Waals surface area (Å²) in [5.41, 5.74) is 0. The third kappa shape index (κ3) is 3.19. The number of nitrogens with one attached hydrogen (secondary N) is 1. The van der Waals surface area contributed by atoms with Gasteiger partial charge in [-0.25, -0.2) is 0 Å². The molecule has 1 aliphatic rings. The second-order valence-electron chi connectivity index (χ2n) is 5.43. The fraction of sp³-hybridized carbons (Fsp3) is 0.400. The smallest absolute Gasteiger partial charge is 0.263 e. The van der Waals surface area contributed by atoms with Gasteiger partial charge >= 0.3 is 0 Å². The lowest BCUT2D eigenvalue weighted by Crippen LogP contribution is -2.43. The molecule has 1 saturated heterocycles. The number of carbonyl (C=O) groups excluding carboxylic acids is 2. The molecule has 1 aliphatic heterocycles. The molecule has 1 atom stereocenters. The first-order valence-corrected chi connectivity index (χ1v) is 8.15. The summed E-state index contributed by atoms with van der Waals surface area (Å²) < 4.78 is 1.64. The second-order valence-corrected chi connectivity index (χ2v) is 6.38. The number of likely N-dealkylation sites (tertiary alicyclic amines) is 1. The van der Waals surface area contributed by atoms with Gasteiger partial charge in [-0.2, -0.15) is 5.10 Å². The molecule has 0 spiro atoms. The lowest BCUT2D eigenvalue weighted by atomic mass is 9.97. The molecule has 0 bridgehead atoms. The van der Waals surface area contributed by atoms with Crippen LogP contribution in [0, 0.1) is 5.92 Å². The van der Waals surface area contributed by atoms with Crippen LogP contribution in [0.1, 0.15) is 22.5 Å². The number of rotatable bonds is 3. The summed E-state index contributed by atoms with van der Waals surface area (Å²) in [4.78, 5) is 27.2. The molecule has 0 aromatic carbocycles. The van der Waals surface area contributed by atoms with Crippen LogP contribution in [0.5, 0.6) is 0 Å². The van der Waals surface area contributed by atoms with Crippen molar-refractivity contribution in [2.75, 3.05) is 18.4 Å². The summed E-state index contributed by atoms with van der Waals surface area (Å²) in [5, 5.41) is 8.86. The fourth-order valence-corrected chi connectivity index (χ4v) is 3.33. The van der Waals surface area contributed by atoms with Crippen molar-refractivity contribution in [1.82, 2.24) is 14.7 Å². The first-order valence-electron chi connectivity index (χ1n) is 7.27. The van der Waals surface area contributed by atoms with Crippen molar-refractivity contribution < 1.29 is 9.59 Å². The number of anilines is 1. The summed E-state index contributed by atoms with van der Waals surface area (Å²) in [7, 11) is 1.80. The minimum Gasteiger partial charge on any atom is -0.337 e. The molecule has 1 fully saturated rings. The van der Waals surface area contributed by atoms with E-state index in [9.17, 15) is 9.59 Å². The molecule has 116 valence electrons. The molecule has 0 saturated carbocycles. The average Bonchev–Trinajstić information content (AvgIpc) is 3.18. The van der Waals surface area contributed by atoms with Gasteiger partial charge in [-0.3, -0.25) is 14.3 Å². The topological polar surface area (TPSA) is 67.2 Å². The molecule has 6 nitrogen and oxygen atoms in total. The SMILES string of the molecule is Cn1ccc(NC(=O)[C@@H]2CCCN(C(=O)c3cccs3)C2)n1. The molecule has 3 heterocycles. The normalized spacial score (nSPS) is 18.2. The van der Waals surface area contributed by atoms with Gasteiger partial charge in [0.2, 0.25) is 5.91 Å². The van der Waals surface area contributed by atoms with Crippen molar-refractivity contribution in [3.05, 3.63) is 34.7 Å². The first kappa shape index (κ1) is 14.8. The van der Waals surface area contributed by atoms with Crippen molar-refractivity contribution in [2.24, 2.45) is 13.0 Å². The number of hydrogen-bond acceptors (Lipinski definition) is 4. The monoisotopic (exact) mass is 318 g/mol. The Hall–Kier alpha value is -2.15. The van der Waals surface area contributed by atoms with Gasteiger partial charge in [-0.05, 0) is 24.3 Å². The Morgan fingerprint density at radius 1 is 1.41 bits per heavy atom. The number of nitrogens with zero attached hydrogens (tertiary/aromatic N) is 3. The maximum absolute atomic E-state index is 12.4. The minimum absolute atomic E-state index is 0.0188. The van der Waals surface area contributed by atoms with Crippen molar-refractivity contribution in [3.63, 3.8) is 0 Å². The quantitative estimate of drug-likeness (QED) is 0.941. The standard InChI is InChI=1S/C15H18N4O2S/c1-18-8-6-13(17-18)16-14(20)11-4-2-7-19(10-11)15(21)12-5-3-9-22-12/h3,5-6,8-9,11H,2,4,7,10H2,1H3,(H,16,17,20)/t11-/m1/s1. The van der Waals surface area contributed by atoms with Gasteiger partial charge < -0.3 is 10.2 Å². The molecule has 3 rings (SSSR count). The van der Waals surface area contributed by atoms with E-state index >= 15 is 0 Å². The first-order chi connectivity index (χ1) is 10.6. The fourth-order valence-electron chi connectivity index (χ4n) is 2.64. The zero-order chi connectivity index (χ0) is 15.5. The van der Waals surface area contributed by atoms with E-state index in [1.807, 2.05) is 17.5 Å². The molecular weight excluding hydrogens is 300 g/mol. The Morgan fingerprint density at radius 2 is 2.27 bits per heavy atom. The lowest BCUT2D eigenvalue weighted by molar-refractivity contribution is -0.121. The second kappa shape index (κ2) is 6.31. The summed E-state index contributed by atoms with van der Waals surface area (Å²) in [5.74, 6) is 0.321. The van der Waals surface area contributed by atoms with Crippen molar-refractivity contribution >= 4 is 29.0 Å². The summed E-state index contributed by atoms with van der Waals surface area (Å²) in [6.45, 7) is 1.18. The number of piperidine rings is 1. The Labute approximate surface area is 132 Å². The van der Waals surface area contributed by atoms with Gasteiger partial charge in [0.05, 0.1) is 10.8 Å². The van der Waals surface area contributed by atoms with Gasteiger partial charge in [-0.1, -0.05) is 6.07 Å². The van der Waals surface area contributed by atoms with E-state index in [4.69, 9.17) is 0 Å². The van der Waals surface area contributed by atoms with Crippen LogP contribution < -0.4 is 5.32 Å². The largest absolute Gasteiger partial charge is 0.337 e. The highest BCUT2D eigenvalue weighted by atomic mass is 32.1. The van der Waals surface area contributed by atoms with Crippen LogP contribution in [0.25, 0.3) is 0 Å². The van der Waals surface area contributed by atoms with Gasteiger partial charge in [0.15, 0.2) is 5.82 Å². The zero-order valence-corrected chi connectivity index (χ0v) is 13.2. The minimum atomic E-state index is -0.181. The number of hydrogen-bond donors (Lipinski definition) is 1. The summed E-state index contributed by atoms with van der Waals surface area (Å²) in [6.07, 6.45) is 3.42. The number of amides is 2. The van der Waals surface area contributed by atoms with Crippen LogP contribution >= 0.6 is 11.3 Å². The van der Waals surface area contributed by atoms with Gasteiger partial charge in [0.1, 0.15) is 0 Å². The number of aryl methyl sites for hydroxylation is 1. The Kier molecular flexibility index (Phi) is 4.24. The van der Waals surface area contributed by atoms with E-state index in [-0.39, 0.29) is 17.7 Å². The van der Waals surface area contributed by atoms with E-state index in [1.165, 1.54) is 11.3 Å². The number of carbonyl (C=O) groups is 2. The van der Waals surface area contributed by atoms with Gasteiger partial charge in [0, 0.05) is 32.4 Å². The van der Waals surface area contributed by atoms with Crippen LogP contribution in [0.15, 0.2) is 29.8 Å². The molecule has 7 heteroatoms. The van der Waals surface area contributed by atoms with Crippen LogP contribution in [0.4, 0.5) is 5.82 Å². The molecular formula is C15H18N4O2S. The third-order valence-corrected chi connectivity index (χ3v) is 4.63. The average molecular weight is 318 g/mol. The maximum Gasteiger partial charge on any atom is 0.263 e. The molecule has 0 unspecified atom stereocenters. The lowest BCUT2D eigenvalue weighted by Gasteiger charge is -2.31. The Morgan fingerprint density at radius 3 is 2.95 bits per heavy atom. The zero-order valence-electron chi connectivity index (χ0n) is 12.4. The van der Waals surface area contributed by atoms with Crippen LogP contribution in [-0.4, -0.2) is 39.6 Å². The van der Waals surface area contributed by atoms with Crippen LogP contribution in [0.3, 0.4) is 0 Å². The number of thiophene rings is 1. The van der Waals surface area contributed by atoms with Crippen LogP contribution in [0.2, 0.25) is 0 Å². The molecule has 2 amide bonds. The Bertz CT molecular complexity index is 665. The van der Waals surface area contributed by atoms with E-state index in [1.54, 1.807) is 28.9 Å². The highest BCUT2D eigenvalue weighted by Crippen LogP contribution is 2.21.